The number of pyridine rings is 1. The van der Waals surface area contributed by atoms with E-state index in [1.807, 2.05) is 32.0 Å². The van der Waals surface area contributed by atoms with Gasteiger partial charge in [0, 0.05) is 32.9 Å². The van der Waals surface area contributed by atoms with Crippen LogP contribution in [0.2, 0.25) is 0 Å². The van der Waals surface area contributed by atoms with Crippen molar-refractivity contribution in [3.05, 3.63) is 59.9 Å². The number of aromatic nitrogens is 1. The molecule has 0 saturated carbocycles. The molecule has 146 valence electrons. The zero-order valence-electron chi connectivity index (χ0n) is 16.2. The molecule has 0 aliphatic rings. The normalized spacial score (nSPS) is 12.4. The van der Waals surface area contributed by atoms with Gasteiger partial charge in [0.2, 0.25) is 10.0 Å². The predicted molar refractivity (Wildman–Crippen MR) is 108 cm³/mol. The van der Waals surface area contributed by atoms with E-state index in [1.54, 1.807) is 44.6 Å². The zero-order valence-corrected chi connectivity index (χ0v) is 17.0. The first-order valence-electron chi connectivity index (χ1n) is 8.76. The molecule has 0 bridgehead atoms. The molecule has 2 rings (SSSR count). The summed E-state index contributed by atoms with van der Waals surface area (Å²) in [6.07, 6.45) is 1.75. The number of rotatable bonds is 7. The highest BCUT2D eigenvalue weighted by Gasteiger charge is 2.22. The fourth-order valence-corrected chi connectivity index (χ4v) is 3.67. The molecular formula is C19H27N5O2S. The Balaban J connectivity index is 1.94. The second-order valence-corrected chi connectivity index (χ2v) is 8.36. The van der Waals surface area contributed by atoms with Gasteiger partial charge in [-0.1, -0.05) is 18.2 Å². The van der Waals surface area contributed by atoms with E-state index in [-0.39, 0.29) is 6.04 Å². The molecule has 2 aromatic rings. The Morgan fingerprint density at radius 3 is 2.33 bits per heavy atom. The molecule has 7 nitrogen and oxygen atoms in total. The third-order valence-corrected chi connectivity index (χ3v) is 6.22. The lowest BCUT2D eigenvalue weighted by Gasteiger charge is -2.21. The highest BCUT2D eigenvalue weighted by atomic mass is 32.2. The molecule has 8 heteroatoms. The topological polar surface area (TPSA) is 86.7 Å². The van der Waals surface area contributed by atoms with Crippen LogP contribution in [0.25, 0.3) is 0 Å². The fraction of sp³-hybridized carbons (Fsp3) is 0.368. The van der Waals surface area contributed by atoms with Crippen molar-refractivity contribution in [2.45, 2.75) is 37.9 Å². The standard InChI is InChI=1S/C19H27N5O2S/c1-15(2)24(4)27(25,26)18-10-8-16(9-11-18)13-22-19(20-3)23-14-17-7-5-6-12-21-17/h5-12,15H,13-14H2,1-4H3,(H2,20,22,23). The molecule has 0 spiro atoms. The summed E-state index contributed by atoms with van der Waals surface area (Å²) >= 11 is 0. The maximum Gasteiger partial charge on any atom is 0.243 e. The maximum atomic E-state index is 12.5. The number of nitrogens with zero attached hydrogens (tertiary/aromatic N) is 3. The molecule has 2 N–H and O–H groups in total. The summed E-state index contributed by atoms with van der Waals surface area (Å²) in [6.45, 7) is 4.79. The van der Waals surface area contributed by atoms with Crippen molar-refractivity contribution in [1.29, 1.82) is 0 Å². The lowest BCUT2D eigenvalue weighted by Crippen LogP contribution is -2.36. The molecule has 0 fully saturated rings. The second kappa shape index (κ2) is 9.48. The van der Waals surface area contributed by atoms with Crippen LogP contribution < -0.4 is 10.6 Å². The van der Waals surface area contributed by atoms with Gasteiger partial charge in [0.25, 0.3) is 0 Å². The molecule has 0 radical (unpaired) electrons. The molecule has 0 atom stereocenters. The van der Waals surface area contributed by atoms with Crippen LogP contribution in [0, 0.1) is 0 Å². The van der Waals surface area contributed by atoms with Gasteiger partial charge < -0.3 is 10.6 Å². The summed E-state index contributed by atoms with van der Waals surface area (Å²) in [4.78, 5) is 8.73. The minimum Gasteiger partial charge on any atom is -0.352 e. The number of aliphatic imine (C=N–C) groups is 1. The number of benzene rings is 1. The molecule has 0 unspecified atom stereocenters. The van der Waals surface area contributed by atoms with E-state index in [1.165, 1.54) is 4.31 Å². The SMILES string of the molecule is CN=C(NCc1ccc(S(=O)(=O)N(C)C(C)C)cc1)NCc1ccccn1. The molecule has 0 aliphatic carbocycles. The summed E-state index contributed by atoms with van der Waals surface area (Å²) in [7, 11) is -0.171. The van der Waals surface area contributed by atoms with Crippen LogP contribution in [0.4, 0.5) is 0 Å². The molecule has 27 heavy (non-hydrogen) atoms. The van der Waals surface area contributed by atoms with Gasteiger partial charge in [-0.25, -0.2) is 8.42 Å². The van der Waals surface area contributed by atoms with Gasteiger partial charge in [0.05, 0.1) is 17.1 Å². The van der Waals surface area contributed by atoms with E-state index in [2.05, 4.69) is 20.6 Å². The third-order valence-electron chi connectivity index (χ3n) is 4.17. The Morgan fingerprint density at radius 2 is 1.78 bits per heavy atom. The van der Waals surface area contributed by atoms with Crippen molar-refractivity contribution in [2.75, 3.05) is 14.1 Å². The molecule has 0 saturated heterocycles. The molecule has 1 heterocycles. The smallest absolute Gasteiger partial charge is 0.243 e. The van der Waals surface area contributed by atoms with E-state index >= 15 is 0 Å². The number of hydrogen-bond acceptors (Lipinski definition) is 4. The van der Waals surface area contributed by atoms with Gasteiger partial charge in [-0.05, 0) is 43.7 Å². The Morgan fingerprint density at radius 1 is 1.11 bits per heavy atom. The number of guanidine groups is 1. The van der Waals surface area contributed by atoms with Crippen molar-refractivity contribution in [2.24, 2.45) is 4.99 Å². The molecule has 0 aliphatic heterocycles. The van der Waals surface area contributed by atoms with E-state index in [0.29, 0.717) is 23.9 Å². The minimum absolute atomic E-state index is 0.0927. The second-order valence-electron chi connectivity index (χ2n) is 6.36. The van der Waals surface area contributed by atoms with Crippen molar-refractivity contribution >= 4 is 16.0 Å². The van der Waals surface area contributed by atoms with E-state index < -0.39 is 10.0 Å². The number of sulfonamides is 1. The Kier molecular flexibility index (Phi) is 7.32. The van der Waals surface area contributed by atoms with Crippen molar-refractivity contribution in [3.63, 3.8) is 0 Å². The van der Waals surface area contributed by atoms with Crippen molar-refractivity contribution < 1.29 is 8.42 Å². The van der Waals surface area contributed by atoms with E-state index in [0.717, 1.165) is 11.3 Å². The summed E-state index contributed by atoms with van der Waals surface area (Å²) < 4.78 is 26.3. The van der Waals surface area contributed by atoms with Gasteiger partial charge in [-0.3, -0.25) is 9.98 Å². The fourth-order valence-electron chi connectivity index (χ4n) is 2.31. The number of nitrogens with one attached hydrogen (secondary N) is 2. The van der Waals surface area contributed by atoms with Crippen LogP contribution in [0.1, 0.15) is 25.1 Å². The van der Waals surface area contributed by atoms with Crippen molar-refractivity contribution in [1.82, 2.24) is 19.9 Å². The third kappa shape index (κ3) is 5.77. The Hall–Kier alpha value is -2.45. The van der Waals surface area contributed by atoms with Gasteiger partial charge >= 0.3 is 0 Å². The van der Waals surface area contributed by atoms with Crippen LogP contribution in [0.5, 0.6) is 0 Å². The van der Waals surface area contributed by atoms with E-state index in [4.69, 9.17) is 0 Å². The van der Waals surface area contributed by atoms with E-state index in [9.17, 15) is 8.42 Å². The Bertz CT molecular complexity index is 849. The average Bonchev–Trinajstić information content (AvgIpc) is 2.68. The number of hydrogen-bond donors (Lipinski definition) is 2. The Labute approximate surface area is 161 Å². The lowest BCUT2D eigenvalue weighted by molar-refractivity contribution is 0.410. The van der Waals surface area contributed by atoms with Gasteiger partial charge in [-0.2, -0.15) is 4.31 Å². The molecule has 0 amide bonds. The van der Waals surface area contributed by atoms with Crippen LogP contribution in [-0.2, 0) is 23.1 Å². The summed E-state index contributed by atoms with van der Waals surface area (Å²) in [6, 6.07) is 12.5. The molecule has 1 aromatic heterocycles. The molecular weight excluding hydrogens is 362 g/mol. The van der Waals surface area contributed by atoms with Crippen LogP contribution in [-0.4, -0.2) is 43.8 Å². The summed E-state index contributed by atoms with van der Waals surface area (Å²) in [5.74, 6) is 0.650. The zero-order chi connectivity index (χ0) is 19.9. The minimum atomic E-state index is -3.46. The highest BCUT2D eigenvalue weighted by Crippen LogP contribution is 2.17. The monoisotopic (exact) mass is 389 g/mol. The van der Waals surface area contributed by atoms with Gasteiger partial charge in [-0.15, -0.1) is 0 Å². The quantitative estimate of drug-likeness (QED) is 0.559. The largest absolute Gasteiger partial charge is 0.352 e. The van der Waals surface area contributed by atoms with Crippen molar-refractivity contribution in [3.8, 4) is 0 Å². The highest BCUT2D eigenvalue weighted by molar-refractivity contribution is 7.89. The molecule has 1 aromatic carbocycles. The van der Waals surface area contributed by atoms with Gasteiger partial charge in [0.15, 0.2) is 5.96 Å². The van der Waals surface area contributed by atoms with Gasteiger partial charge in [0.1, 0.15) is 0 Å². The maximum absolute atomic E-state index is 12.5. The predicted octanol–water partition coefficient (Wildman–Crippen LogP) is 1.98. The first-order valence-corrected chi connectivity index (χ1v) is 10.2. The first kappa shape index (κ1) is 20.9. The first-order chi connectivity index (χ1) is 12.8. The average molecular weight is 390 g/mol. The summed E-state index contributed by atoms with van der Waals surface area (Å²) in [5.41, 5.74) is 1.88. The van der Waals surface area contributed by atoms with Crippen LogP contribution in [0.3, 0.4) is 0 Å². The summed E-state index contributed by atoms with van der Waals surface area (Å²) in [5, 5.41) is 6.40. The lowest BCUT2D eigenvalue weighted by atomic mass is 10.2. The van der Waals surface area contributed by atoms with Crippen LogP contribution >= 0.6 is 0 Å². The van der Waals surface area contributed by atoms with Crippen LogP contribution in [0.15, 0.2) is 58.5 Å².